The van der Waals surface area contributed by atoms with Gasteiger partial charge in [0.25, 0.3) is 0 Å². The Morgan fingerprint density at radius 3 is 2.09 bits per heavy atom. The normalized spacial score (nSPS) is 16.0. The molecule has 34 heavy (non-hydrogen) atoms. The van der Waals surface area contributed by atoms with E-state index < -0.39 is 42.3 Å². The van der Waals surface area contributed by atoms with Gasteiger partial charge in [0.1, 0.15) is 5.76 Å². The van der Waals surface area contributed by atoms with E-state index in [2.05, 4.69) is 6.58 Å². The summed E-state index contributed by atoms with van der Waals surface area (Å²) >= 11 is 1.19. The molecule has 0 fully saturated rings. The van der Waals surface area contributed by atoms with E-state index in [1.54, 1.807) is 0 Å². The summed E-state index contributed by atoms with van der Waals surface area (Å²) < 4.78 is 77.7. The van der Waals surface area contributed by atoms with Crippen LogP contribution in [0.2, 0.25) is 0 Å². The highest BCUT2D eigenvalue weighted by Gasteiger charge is 2.42. The molecule has 0 aliphatic rings. The van der Waals surface area contributed by atoms with E-state index in [9.17, 15) is 36.2 Å². The molecule has 0 amide bonds. The fraction of sp³-hybridized carbons (Fsp3) is 0.348. The number of benzene rings is 1. The fourth-order valence-electron chi connectivity index (χ4n) is 2.76. The van der Waals surface area contributed by atoms with Gasteiger partial charge in [0.2, 0.25) is 0 Å². The second kappa shape index (κ2) is 12.2. The minimum absolute atomic E-state index is 0.155. The topological polar surface area (TPSA) is 83.5 Å². The van der Waals surface area contributed by atoms with Crippen LogP contribution in [0.4, 0.5) is 26.3 Å². The van der Waals surface area contributed by atoms with E-state index in [1.807, 2.05) is 0 Å². The zero-order valence-electron chi connectivity index (χ0n) is 18.4. The predicted octanol–water partition coefficient (Wildman–Crippen LogP) is 6.68. The lowest BCUT2D eigenvalue weighted by molar-refractivity contribution is -0.163. The van der Waals surface area contributed by atoms with Crippen molar-refractivity contribution in [3.63, 3.8) is 0 Å². The molecule has 11 heteroatoms. The summed E-state index contributed by atoms with van der Waals surface area (Å²) in [6, 6.07) is 4.53. The molecule has 1 aromatic rings. The number of allylic oxidation sites excluding steroid dienone is 5. The van der Waals surface area contributed by atoms with Crippen LogP contribution in [0.25, 0.3) is 0 Å². The molecule has 0 saturated carbocycles. The summed E-state index contributed by atoms with van der Waals surface area (Å²) in [5.41, 5.74) is 5.37. The summed E-state index contributed by atoms with van der Waals surface area (Å²) in [5, 5.41) is 19.1. The third-order valence-corrected chi connectivity index (χ3v) is 5.98. The van der Waals surface area contributed by atoms with E-state index >= 15 is 0 Å². The van der Waals surface area contributed by atoms with Crippen LogP contribution in [-0.2, 0) is 4.79 Å². The van der Waals surface area contributed by atoms with Gasteiger partial charge in [-0.25, -0.2) is 0 Å². The van der Waals surface area contributed by atoms with E-state index in [4.69, 9.17) is 10.8 Å². The van der Waals surface area contributed by atoms with Crippen molar-refractivity contribution in [2.45, 2.75) is 49.5 Å². The molecule has 0 radical (unpaired) electrons. The first-order valence-corrected chi connectivity index (χ1v) is 10.8. The van der Waals surface area contributed by atoms with Crippen LogP contribution in [0.3, 0.4) is 0 Å². The minimum Gasteiger partial charge on any atom is -0.508 e. The second-order valence-corrected chi connectivity index (χ2v) is 8.48. The number of nitrogens with two attached hydrogens (primary N) is 1. The lowest BCUT2D eigenvalue weighted by Crippen LogP contribution is -2.25. The SMILES string of the molecule is C=C\C(=C/C=C(C)/C(O)=C(\C)C(N)CSc1ccc([C@H](CC(=O)O)C(F)(F)F)cc1)C(F)(F)F. The van der Waals surface area contributed by atoms with Crippen molar-refractivity contribution in [3.05, 3.63) is 77.1 Å². The Morgan fingerprint density at radius 1 is 1.09 bits per heavy atom. The zero-order valence-corrected chi connectivity index (χ0v) is 19.2. The quantitative estimate of drug-likeness (QED) is 0.142. The van der Waals surface area contributed by atoms with Gasteiger partial charge in [-0.15, -0.1) is 11.8 Å². The average molecular weight is 510 g/mol. The van der Waals surface area contributed by atoms with Crippen LogP contribution in [0.15, 0.2) is 76.4 Å². The number of halogens is 6. The second-order valence-electron chi connectivity index (χ2n) is 7.38. The number of hydrogen-bond acceptors (Lipinski definition) is 4. The van der Waals surface area contributed by atoms with E-state index in [0.717, 1.165) is 12.2 Å². The Kier molecular flexibility index (Phi) is 10.5. The number of alkyl halides is 6. The highest BCUT2D eigenvalue weighted by Crippen LogP contribution is 2.38. The first-order chi connectivity index (χ1) is 15.6. The van der Waals surface area contributed by atoms with Gasteiger partial charge in [-0.2, -0.15) is 26.3 Å². The Labute approximate surface area is 197 Å². The number of hydrogen-bond donors (Lipinski definition) is 3. The van der Waals surface area contributed by atoms with Crippen molar-refractivity contribution in [3.8, 4) is 0 Å². The molecule has 1 aromatic carbocycles. The largest absolute Gasteiger partial charge is 0.508 e. The van der Waals surface area contributed by atoms with Crippen LogP contribution in [0, 0.1) is 0 Å². The first kappa shape index (κ1) is 29.4. The number of aliphatic hydroxyl groups is 1. The number of rotatable bonds is 10. The maximum absolute atomic E-state index is 13.1. The molecular weight excluding hydrogens is 484 g/mol. The van der Waals surface area contributed by atoms with Crippen LogP contribution >= 0.6 is 11.8 Å². The molecule has 0 saturated heterocycles. The van der Waals surface area contributed by atoms with Gasteiger partial charge in [-0.05, 0) is 48.8 Å². The van der Waals surface area contributed by atoms with Gasteiger partial charge in [0.05, 0.1) is 17.9 Å². The van der Waals surface area contributed by atoms with Crippen molar-refractivity contribution in [1.82, 2.24) is 0 Å². The van der Waals surface area contributed by atoms with Crippen molar-refractivity contribution in [1.29, 1.82) is 0 Å². The Balaban J connectivity index is 2.92. The molecule has 1 rings (SSSR count). The Bertz CT molecular complexity index is 962. The number of carboxylic acid groups (broad SMARTS) is 1. The summed E-state index contributed by atoms with van der Waals surface area (Å²) in [6.45, 7) is 6.04. The summed E-state index contributed by atoms with van der Waals surface area (Å²) in [5.74, 6) is -3.74. The molecule has 4 nitrogen and oxygen atoms in total. The highest BCUT2D eigenvalue weighted by molar-refractivity contribution is 7.99. The molecule has 4 N–H and O–H groups in total. The maximum atomic E-state index is 13.1. The molecule has 2 atom stereocenters. The van der Waals surface area contributed by atoms with Gasteiger partial charge >= 0.3 is 18.3 Å². The predicted molar refractivity (Wildman–Crippen MR) is 120 cm³/mol. The highest BCUT2D eigenvalue weighted by atomic mass is 32.2. The Hall–Kier alpha value is -2.66. The van der Waals surface area contributed by atoms with Gasteiger partial charge in [0, 0.05) is 16.7 Å². The summed E-state index contributed by atoms with van der Waals surface area (Å²) in [6.07, 6.45) is -7.83. The maximum Gasteiger partial charge on any atom is 0.416 e. The van der Waals surface area contributed by atoms with Gasteiger partial charge in [0.15, 0.2) is 0 Å². The molecule has 0 aromatic heterocycles. The number of carbonyl (C=O) groups is 1. The molecule has 0 aliphatic carbocycles. The van der Waals surface area contributed by atoms with Crippen LogP contribution in [-0.4, -0.2) is 40.3 Å². The van der Waals surface area contributed by atoms with E-state index in [1.165, 1.54) is 49.9 Å². The van der Waals surface area contributed by atoms with E-state index in [0.29, 0.717) is 16.5 Å². The monoisotopic (exact) mass is 509 g/mol. The number of aliphatic hydroxyl groups excluding tert-OH is 1. The average Bonchev–Trinajstić information content (AvgIpc) is 2.73. The fourth-order valence-corrected chi connectivity index (χ4v) is 3.71. The molecule has 0 aliphatic heterocycles. The molecule has 0 spiro atoms. The number of thioether (sulfide) groups is 1. The summed E-state index contributed by atoms with van der Waals surface area (Å²) in [4.78, 5) is 11.3. The van der Waals surface area contributed by atoms with Crippen LogP contribution in [0.5, 0.6) is 0 Å². The third kappa shape index (κ3) is 8.94. The Morgan fingerprint density at radius 2 is 1.65 bits per heavy atom. The van der Waals surface area contributed by atoms with Crippen molar-refractivity contribution in [2.75, 3.05) is 5.75 Å². The molecular formula is C23H25F6NO3S. The first-order valence-electron chi connectivity index (χ1n) is 9.83. The van der Waals surface area contributed by atoms with Crippen molar-refractivity contribution in [2.24, 2.45) is 5.73 Å². The van der Waals surface area contributed by atoms with Crippen LogP contribution < -0.4 is 5.73 Å². The van der Waals surface area contributed by atoms with Crippen molar-refractivity contribution < 1.29 is 41.4 Å². The minimum atomic E-state index is -4.71. The lowest BCUT2D eigenvalue weighted by Gasteiger charge is -2.19. The van der Waals surface area contributed by atoms with Crippen LogP contribution in [0.1, 0.15) is 31.7 Å². The zero-order chi connectivity index (χ0) is 26.3. The standard InChI is InChI=1S/C23H25F6NO3S/c1-4-16(22(24,25)26)8-5-13(2)21(33)14(3)19(30)12-34-17-9-6-15(7-10-17)18(11-20(31)32)23(27,28)29/h4-10,18-19,33H,1,11-12,30H2,2-3H3,(H,31,32)/b13-5+,16-8+,21-14-/t18-,19?/m0/s1. The van der Waals surface area contributed by atoms with E-state index in [-0.39, 0.29) is 22.6 Å². The smallest absolute Gasteiger partial charge is 0.416 e. The van der Waals surface area contributed by atoms with Gasteiger partial charge in [-0.3, -0.25) is 4.79 Å². The molecule has 1 unspecified atom stereocenters. The number of aliphatic carboxylic acids is 1. The lowest BCUT2D eigenvalue weighted by atomic mass is 9.95. The van der Waals surface area contributed by atoms with Gasteiger partial charge < -0.3 is 15.9 Å². The number of carboxylic acids is 1. The molecule has 0 heterocycles. The summed E-state index contributed by atoms with van der Waals surface area (Å²) in [7, 11) is 0. The third-order valence-electron chi connectivity index (χ3n) is 4.85. The van der Waals surface area contributed by atoms with Crippen molar-refractivity contribution >= 4 is 17.7 Å². The van der Waals surface area contributed by atoms with Gasteiger partial charge in [-0.1, -0.05) is 30.9 Å². The molecule has 188 valence electrons. The molecule has 0 bridgehead atoms.